The van der Waals surface area contributed by atoms with Crippen molar-refractivity contribution >= 4 is 9.84 Å². The second kappa shape index (κ2) is 5.45. The average Bonchev–Trinajstić information content (AvgIpc) is 2.79. The lowest BCUT2D eigenvalue weighted by Gasteiger charge is -2.37. The molecule has 0 aliphatic carbocycles. The van der Waals surface area contributed by atoms with Gasteiger partial charge in [-0.05, 0) is 37.4 Å². The number of sulfone groups is 1. The lowest BCUT2D eigenvalue weighted by atomic mass is 9.91. The van der Waals surface area contributed by atoms with E-state index >= 15 is 0 Å². The molecular weight excluding hydrogens is 250 g/mol. The first kappa shape index (κ1) is 13.6. The number of rotatable bonds is 4. The summed E-state index contributed by atoms with van der Waals surface area (Å²) in [6.45, 7) is 3.78. The third kappa shape index (κ3) is 3.59. The molecule has 0 radical (unpaired) electrons. The summed E-state index contributed by atoms with van der Waals surface area (Å²) >= 11 is 0. The minimum absolute atomic E-state index is 0.221. The highest BCUT2D eigenvalue weighted by Crippen LogP contribution is 2.33. The summed E-state index contributed by atoms with van der Waals surface area (Å²) in [5, 5.41) is 0. The van der Waals surface area contributed by atoms with E-state index in [0.717, 1.165) is 25.1 Å². The van der Waals surface area contributed by atoms with Crippen molar-refractivity contribution in [1.82, 2.24) is 4.90 Å². The SMILES string of the molecule is C[C@H]1CCN(CCS(C)(=O)=O)[C@H](c2ccco2)C1. The van der Waals surface area contributed by atoms with Crippen molar-refractivity contribution in [2.45, 2.75) is 25.8 Å². The molecule has 0 bridgehead atoms. The van der Waals surface area contributed by atoms with Crippen LogP contribution in [0.2, 0.25) is 0 Å². The minimum Gasteiger partial charge on any atom is -0.468 e. The van der Waals surface area contributed by atoms with E-state index in [9.17, 15) is 8.42 Å². The second-order valence-electron chi connectivity index (χ2n) is 5.33. The Morgan fingerprint density at radius 1 is 1.50 bits per heavy atom. The first-order chi connectivity index (χ1) is 8.46. The number of likely N-dealkylation sites (tertiary alicyclic amines) is 1. The van der Waals surface area contributed by atoms with Crippen molar-refractivity contribution in [1.29, 1.82) is 0 Å². The summed E-state index contributed by atoms with van der Waals surface area (Å²) in [6.07, 6.45) is 5.14. The smallest absolute Gasteiger partial charge is 0.148 e. The summed E-state index contributed by atoms with van der Waals surface area (Å²) in [6, 6.07) is 4.10. The van der Waals surface area contributed by atoms with Crippen LogP contribution in [0.15, 0.2) is 22.8 Å². The lowest BCUT2D eigenvalue weighted by molar-refractivity contribution is 0.109. The molecule has 0 aromatic carbocycles. The zero-order chi connectivity index (χ0) is 13.2. The molecule has 102 valence electrons. The van der Waals surface area contributed by atoms with E-state index in [2.05, 4.69) is 11.8 Å². The van der Waals surface area contributed by atoms with Crippen LogP contribution in [0.5, 0.6) is 0 Å². The summed E-state index contributed by atoms with van der Waals surface area (Å²) in [4.78, 5) is 2.24. The second-order valence-corrected chi connectivity index (χ2v) is 7.59. The normalized spacial score (nSPS) is 26.3. The molecule has 2 heterocycles. The number of piperidine rings is 1. The van der Waals surface area contributed by atoms with E-state index in [-0.39, 0.29) is 11.8 Å². The standard InChI is InChI=1S/C13H21NO3S/c1-11-5-6-14(7-9-18(2,15)16)12(10-11)13-4-3-8-17-13/h3-4,8,11-12H,5-7,9-10H2,1-2H3/t11-,12-/m0/s1. The Kier molecular flexibility index (Phi) is 4.12. The van der Waals surface area contributed by atoms with Crippen molar-refractivity contribution in [2.24, 2.45) is 5.92 Å². The van der Waals surface area contributed by atoms with Gasteiger partial charge in [-0.2, -0.15) is 0 Å². The Labute approximate surface area is 109 Å². The number of nitrogens with zero attached hydrogens (tertiary/aromatic N) is 1. The molecule has 1 aromatic heterocycles. The third-order valence-corrected chi connectivity index (χ3v) is 4.52. The molecule has 4 nitrogen and oxygen atoms in total. The Balaban J connectivity index is 2.06. The lowest BCUT2D eigenvalue weighted by Crippen LogP contribution is -2.38. The van der Waals surface area contributed by atoms with E-state index in [1.807, 2.05) is 12.1 Å². The van der Waals surface area contributed by atoms with Gasteiger partial charge in [0.2, 0.25) is 0 Å². The first-order valence-electron chi connectivity index (χ1n) is 6.41. The summed E-state index contributed by atoms with van der Waals surface area (Å²) < 4.78 is 28.1. The Hall–Kier alpha value is -0.810. The molecule has 5 heteroatoms. The number of hydrogen-bond acceptors (Lipinski definition) is 4. The highest BCUT2D eigenvalue weighted by molar-refractivity contribution is 7.90. The van der Waals surface area contributed by atoms with Gasteiger partial charge in [0.05, 0.1) is 18.1 Å². The quantitative estimate of drug-likeness (QED) is 0.841. The monoisotopic (exact) mass is 271 g/mol. The molecule has 0 N–H and O–H groups in total. The maximum Gasteiger partial charge on any atom is 0.148 e. The van der Waals surface area contributed by atoms with Crippen molar-refractivity contribution in [3.63, 3.8) is 0 Å². The van der Waals surface area contributed by atoms with Gasteiger partial charge in [0, 0.05) is 12.8 Å². The molecule has 0 amide bonds. The van der Waals surface area contributed by atoms with Crippen LogP contribution in [-0.2, 0) is 9.84 Å². The van der Waals surface area contributed by atoms with Gasteiger partial charge in [-0.3, -0.25) is 4.90 Å². The molecule has 1 fully saturated rings. The predicted octanol–water partition coefficient (Wildman–Crippen LogP) is 2.10. The van der Waals surface area contributed by atoms with Crippen LogP contribution >= 0.6 is 0 Å². The maximum atomic E-state index is 11.3. The minimum atomic E-state index is -2.90. The van der Waals surface area contributed by atoms with E-state index in [0.29, 0.717) is 12.5 Å². The van der Waals surface area contributed by atoms with E-state index in [4.69, 9.17) is 4.42 Å². The zero-order valence-electron chi connectivity index (χ0n) is 11.0. The van der Waals surface area contributed by atoms with Crippen molar-refractivity contribution in [2.75, 3.05) is 25.1 Å². The van der Waals surface area contributed by atoms with Gasteiger partial charge in [0.1, 0.15) is 15.6 Å². The van der Waals surface area contributed by atoms with E-state index in [1.165, 1.54) is 6.26 Å². The van der Waals surface area contributed by atoms with Crippen molar-refractivity contribution in [3.05, 3.63) is 24.2 Å². The van der Waals surface area contributed by atoms with E-state index < -0.39 is 9.84 Å². The van der Waals surface area contributed by atoms with Gasteiger partial charge in [-0.15, -0.1) is 0 Å². The van der Waals surface area contributed by atoms with Gasteiger partial charge in [0.25, 0.3) is 0 Å². The largest absolute Gasteiger partial charge is 0.468 e. The fourth-order valence-electron chi connectivity index (χ4n) is 2.52. The van der Waals surface area contributed by atoms with Crippen LogP contribution in [0.4, 0.5) is 0 Å². The molecule has 2 atom stereocenters. The van der Waals surface area contributed by atoms with Crippen LogP contribution in [0, 0.1) is 5.92 Å². The number of hydrogen-bond donors (Lipinski definition) is 0. The van der Waals surface area contributed by atoms with Crippen LogP contribution in [0.3, 0.4) is 0 Å². The van der Waals surface area contributed by atoms with Gasteiger partial charge in [-0.1, -0.05) is 6.92 Å². The first-order valence-corrected chi connectivity index (χ1v) is 8.47. The molecule has 0 unspecified atom stereocenters. The number of furan rings is 1. The zero-order valence-corrected chi connectivity index (χ0v) is 11.8. The summed E-state index contributed by atoms with van der Waals surface area (Å²) in [5.41, 5.74) is 0. The fraction of sp³-hybridized carbons (Fsp3) is 0.692. The van der Waals surface area contributed by atoms with Crippen molar-refractivity contribution < 1.29 is 12.8 Å². The molecular formula is C13H21NO3S. The van der Waals surface area contributed by atoms with Crippen LogP contribution in [0.1, 0.15) is 31.6 Å². The predicted molar refractivity (Wildman–Crippen MR) is 71.1 cm³/mol. The van der Waals surface area contributed by atoms with Crippen molar-refractivity contribution in [3.8, 4) is 0 Å². The fourth-order valence-corrected chi connectivity index (χ4v) is 3.08. The maximum absolute atomic E-state index is 11.3. The highest BCUT2D eigenvalue weighted by atomic mass is 32.2. The van der Waals surface area contributed by atoms with E-state index in [1.54, 1.807) is 6.26 Å². The molecule has 0 saturated carbocycles. The molecule has 1 aliphatic heterocycles. The third-order valence-electron chi connectivity index (χ3n) is 3.60. The molecule has 1 saturated heterocycles. The summed E-state index contributed by atoms with van der Waals surface area (Å²) in [5.74, 6) is 1.84. The molecule has 0 spiro atoms. The average molecular weight is 271 g/mol. The molecule has 1 aliphatic rings. The highest BCUT2D eigenvalue weighted by Gasteiger charge is 2.29. The van der Waals surface area contributed by atoms with Gasteiger partial charge in [-0.25, -0.2) is 8.42 Å². The molecule has 1 aromatic rings. The van der Waals surface area contributed by atoms with Gasteiger partial charge >= 0.3 is 0 Å². The van der Waals surface area contributed by atoms with Gasteiger partial charge in [0.15, 0.2) is 0 Å². The Morgan fingerprint density at radius 3 is 2.89 bits per heavy atom. The Bertz CT molecular complexity index is 466. The van der Waals surface area contributed by atoms with Crippen LogP contribution in [0.25, 0.3) is 0 Å². The molecule has 18 heavy (non-hydrogen) atoms. The van der Waals surface area contributed by atoms with Gasteiger partial charge < -0.3 is 4.42 Å². The van der Waals surface area contributed by atoms with Crippen LogP contribution < -0.4 is 0 Å². The summed E-state index contributed by atoms with van der Waals surface area (Å²) in [7, 11) is -2.90. The van der Waals surface area contributed by atoms with Crippen LogP contribution in [-0.4, -0.2) is 38.4 Å². The molecule has 2 rings (SSSR count). The Morgan fingerprint density at radius 2 is 2.28 bits per heavy atom. The topological polar surface area (TPSA) is 50.5 Å².